The molecule has 76 valence electrons. The van der Waals surface area contributed by atoms with E-state index < -0.39 is 6.09 Å². The van der Waals surface area contributed by atoms with Crippen LogP contribution in [0.2, 0.25) is 0 Å². The zero-order valence-corrected chi connectivity index (χ0v) is 8.34. The van der Waals surface area contributed by atoms with Gasteiger partial charge in [0, 0.05) is 6.61 Å². The Morgan fingerprint density at radius 3 is 3.15 bits per heavy atom. The summed E-state index contributed by atoms with van der Waals surface area (Å²) in [5.74, 6) is 0. The third-order valence-corrected chi connectivity index (χ3v) is 2.37. The Kier molecular flexibility index (Phi) is 4.32. The molecule has 1 N–H and O–H groups in total. The van der Waals surface area contributed by atoms with Crippen LogP contribution >= 0.6 is 11.6 Å². The molecule has 1 rings (SSSR count). The van der Waals surface area contributed by atoms with Crippen LogP contribution in [-0.4, -0.2) is 37.3 Å². The van der Waals surface area contributed by atoms with Crippen LogP contribution in [0.5, 0.6) is 0 Å². The molecule has 0 saturated carbocycles. The van der Waals surface area contributed by atoms with Crippen LogP contribution in [0.4, 0.5) is 4.79 Å². The van der Waals surface area contributed by atoms with E-state index in [1.54, 1.807) is 6.92 Å². The number of carbonyl (C=O) groups excluding carboxylic acids is 1. The summed E-state index contributed by atoms with van der Waals surface area (Å²) >= 11 is 5.98. The standard InChI is InChI=1S/C8H14ClNO3/c1-2-13-8(11)10-7-5-12-4-3-6(7)9/h6-7H,2-5H2,1H3,(H,10,11)/t6-,7-/m1/s1. The fraction of sp³-hybridized carbons (Fsp3) is 0.875. The Morgan fingerprint density at radius 1 is 1.77 bits per heavy atom. The zero-order valence-electron chi connectivity index (χ0n) is 7.59. The van der Waals surface area contributed by atoms with E-state index in [-0.39, 0.29) is 11.4 Å². The molecule has 0 aromatic rings. The van der Waals surface area contributed by atoms with Gasteiger partial charge in [-0.25, -0.2) is 4.79 Å². The highest BCUT2D eigenvalue weighted by Gasteiger charge is 2.25. The molecular formula is C8H14ClNO3. The van der Waals surface area contributed by atoms with Gasteiger partial charge < -0.3 is 14.8 Å². The topological polar surface area (TPSA) is 47.6 Å². The largest absolute Gasteiger partial charge is 0.450 e. The maximum atomic E-state index is 11.0. The Labute approximate surface area is 82.5 Å². The lowest BCUT2D eigenvalue weighted by molar-refractivity contribution is 0.0680. The molecule has 1 saturated heterocycles. The van der Waals surface area contributed by atoms with E-state index in [1.807, 2.05) is 0 Å². The third-order valence-electron chi connectivity index (χ3n) is 1.85. The Hall–Kier alpha value is -0.480. The van der Waals surface area contributed by atoms with Gasteiger partial charge in [0.15, 0.2) is 0 Å². The van der Waals surface area contributed by atoms with Crippen molar-refractivity contribution in [3.05, 3.63) is 0 Å². The minimum absolute atomic E-state index is 0.0573. The number of alkyl carbamates (subject to hydrolysis) is 1. The number of carbonyl (C=O) groups is 1. The van der Waals surface area contributed by atoms with E-state index in [4.69, 9.17) is 21.1 Å². The van der Waals surface area contributed by atoms with Crippen LogP contribution in [0.25, 0.3) is 0 Å². The highest BCUT2D eigenvalue weighted by Crippen LogP contribution is 2.13. The lowest BCUT2D eigenvalue weighted by Crippen LogP contribution is -2.47. The summed E-state index contributed by atoms with van der Waals surface area (Å²) < 4.78 is 9.91. The van der Waals surface area contributed by atoms with Gasteiger partial charge in [-0.15, -0.1) is 11.6 Å². The summed E-state index contributed by atoms with van der Waals surface area (Å²) in [7, 11) is 0. The van der Waals surface area contributed by atoms with Gasteiger partial charge in [0.05, 0.1) is 24.6 Å². The van der Waals surface area contributed by atoms with Crippen LogP contribution in [0.15, 0.2) is 0 Å². The Morgan fingerprint density at radius 2 is 2.54 bits per heavy atom. The Bertz CT molecular complexity index is 177. The van der Waals surface area contributed by atoms with E-state index in [1.165, 1.54) is 0 Å². The Balaban J connectivity index is 2.29. The fourth-order valence-electron chi connectivity index (χ4n) is 1.17. The van der Waals surface area contributed by atoms with Gasteiger partial charge in [0.2, 0.25) is 0 Å². The predicted molar refractivity (Wildman–Crippen MR) is 49.0 cm³/mol. The second-order valence-electron chi connectivity index (χ2n) is 2.85. The molecule has 0 aliphatic carbocycles. The molecule has 0 unspecified atom stereocenters. The van der Waals surface area contributed by atoms with Crippen molar-refractivity contribution in [2.45, 2.75) is 24.8 Å². The summed E-state index contributed by atoms with van der Waals surface area (Å²) in [5, 5.41) is 2.59. The lowest BCUT2D eigenvalue weighted by Gasteiger charge is -2.27. The molecule has 1 fully saturated rings. The number of amides is 1. The second-order valence-corrected chi connectivity index (χ2v) is 3.41. The number of alkyl halides is 1. The molecular weight excluding hydrogens is 194 g/mol. The van der Waals surface area contributed by atoms with E-state index >= 15 is 0 Å². The zero-order chi connectivity index (χ0) is 9.68. The number of halogens is 1. The minimum atomic E-state index is -0.427. The van der Waals surface area contributed by atoms with Gasteiger partial charge in [-0.3, -0.25) is 0 Å². The smallest absolute Gasteiger partial charge is 0.407 e. The average Bonchev–Trinajstić information content (AvgIpc) is 2.09. The van der Waals surface area contributed by atoms with E-state index in [0.29, 0.717) is 19.8 Å². The summed E-state index contributed by atoms with van der Waals surface area (Å²) in [4.78, 5) is 11.0. The predicted octanol–water partition coefficient (Wildman–Crippen LogP) is 1.13. The molecule has 0 bridgehead atoms. The number of hydrogen-bond donors (Lipinski definition) is 1. The summed E-state index contributed by atoms with van der Waals surface area (Å²) in [5.41, 5.74) is 0. The molecule has 4 nitrogen and oxygen atoms in total. The first-order chi connectivity index (χ1) is 6.24. The van der Waals surface area contributed by atoms with Gasteiger partial charge in [-0.05, 0) is 13.3 Å². The van der Waals surface area contributed by atoms with Crippen LogP contribution in [0.3, 0.4) is 0 Å². The van der Waals surface area contributed by atoms with Crippen molar-refractivity contribution in [3.8, 4) is 0 Å². The summed E-state index contributed by atoms with van der Waals surface area (Å²) in [6.07, 6.45) is 0.335. The van der Waals surface area contributed by atoms with Crippen molar-refractivity contribution in [2.75, 3.05) is 19.8 Å². The van der Waals surface area contributed by atoms with Gasteiger partial charge >= 0.3 is 6.09 Å². The monoisotopic (exact) mass is 207 g/mol. The molecule has 0 spiro atoms. The van der Waals surface area contributed by atoms with Crippen LogP contribution in [-0.2, 0) is 9.47 Å². The highest BCUT2D eigenvalue weighted by atomic mass is 35.5. The highest BCUT2D eigenvalue weighted by molar-refractivity contribution is 6.21. The molecule has 1 heterocycles. The van der Waals surface area contributed by atoms with Gasteiger partial charge in [0.1, 0.15) is 0 Å². The molecule has 0 radical (unpaired) electrons. The van der Waals surface area contributed by atoms with Gasteiger partial charge in [-0.2, -0.15) is 0 Å². The first kappa shape index (κ1) is 10.6. The minimum Gasteiger partial charge on any atom is -0.450 e. The first-order valence-corrected chi connectivity index (χ1v) is 4.82. The van der Waals surface area contributed by atoms with Gasteiger partial charge in [0.25, 0.3) is 0 Å². The normalized spacial score (nSPS) is 28.2. The summed E-state index contributed by atoms with van der Waals surface area (Å²) in [6, 6.07) is -0.130. The van der Waals surface area contributed by atoms with Gasteiger partial charge in [-0.1, -0.05) is 0 Å². The lowest BCUT2D eigenvalue weighted by atomic mass is 10.1. The quantitative estimate of drug-likeness (QED) is 0.691. The van der Waals surface area contributed by atoms with Crippen LogP contribution < -0.4 is 5.32 Å². The number of nitrogens with one attached hydrogen (secondary N) is 1. The van der Waals surface area contributed by atoms with Crippen LogP contribution in [0.1, 0.15) is 13.3 Å². The van der Waals surface area contributed by atoms with Crippen molar-refractivity contribution in [2.24, 2.45) is 0 Å². The van der Waals surface area contributed by atoms with E-state index in [0.717, 1.165) is 6.42 Å². The van der Waals surface area contributed by atoms with Crippen molar-refractivity contribution in [1.29, 1.82) is 0 Å². The van der Waals surface area contributed by atoms with E-state index in [9.17, 15) is 4.79 Å². The molecule has 1 aliphatic heterocycles. The summed E-state index contributed by atoms with van der Waals surface area (Å²) in [6.45, 7) is 3.25. The van der Waals surface area contributed by atoms with Crippen molar-refractivity contribution >= 4 is 17.7 Å². The average molecular weight is 208 g/mol. The third kappa shape index (κ3) is 3.40. The molecule has 1 aliphatic rings. The van der Waals surface area contributed by atoms with Crippen LogP contribution in [0, 0.1) is 0 Å². The number of hydrogen-bond acceptors (Lipinski definition) is 3. The van der Waals surface area contributed by atoms with Crippen molar-refractivity contribution < 1.29 is 14.3 Å². The number of rotatable bonds is 2. The maximum Gasteiger partial charge on any atom is 0.407 e. The molecule has 0 aromatic carbocycles. The fourth-order valence-corrected chi connectivity index (χ4v) is 1.39. The molecule has 5 heteroatoms. The van der Waals surface area contributed by atoms with Crippen molar-refractivity contribution in [1.82, 2.24) is 5.32 Å². The first-order valence-electron chi connectivity index (χ1n) is 4.39. The molecule has 2 atom stereocenters. The second kappa shape index (κ2) is 5.29. The molecule has 13 heavy (non-hydrogen) atoms. The van der Waals surface area contributed by atoms with E-state index in [2.05, 4.69) is 5.32 Å². The number of ether oxygens (including phenoxy) is 2. The SMILES string of the molecule is CCOC(=O)N[C@@H]1COCC[C@H]1Cl. The molecule has 0 aromatic heterocycles. The molecule has 1 amide bonds. The van der Waals surface area contributed by atoms with Crippen molar-refractivity contribution in [3.63, 3.8) is 0 Å². The maximum absolute atomic E-state index is 11.0.